The summed E-state index contributed by atoms with van der Waals surface area (Å²) in [6.07, 6.45) is 2.23. The van der Waals surface area contributed by atoms with Crippen LogP contribution in [-0.2, 0) is 21.5 Å². The number of halogens is 1. The summed E-state index contributed by atoms with van der Waals surface area (Å²) in [6, 6.07) is 14.2. The maximum absolute atomic E-state index is 13.1. The molecule has 2 aromatic carbocycles. The summed E-state index contributed by atoms with van der Waals surface area (Å²) < 4.78 is 0.896. The molecule has 6 nitrogen and oxygen atoms in total. The number of nitrogens with zero attached hydrogens (tertiary/aromatic N) is 1. The number of imide groups is 1. The Morgan fingerprint density at radius 3 is 2.67 bits per heavy atom. The summed E-state index contributed by atoms with van der Waals surface area (Å²) >= 11 is 3.33. The molecule has 1 aliphatic carbocycles. The zero-order valence-electron chi connectivity index (χ0n) is 14.5. The van der Waals surface area contributed by atoms with Crippen molar-refractivity contribution in [2.45, 2.75) is 24.8 Å². The third-order valence-electron chi connectivity index (χ3n) is 5.08. The van der Waals surface area contributed by atoms with Crippen LogP contribution in [0.1, 0.15) is 24.0 Å². The van der Waals surface area contributed by atoms with E-state index in [0.29, 0.717) is 12.1 Å². The van der Waals surface area contributed by atoms with E-state index in [0.717, 1.165) is 33.3 Å². The summed E-state index contributed by atoms with van der Waals surface area (Å²) in [7, 11) is 0. The lowest BCUT2D eigenvalue weighted by molar-refractivity contribution is -0.134. The van der Waals surface area contributed by atoms with E-state index in [1.807, 2.05) is 24.3 Å². The van der Waals surface area contributed by atoms with Crippen LogP contribution in [0.4, 0.5) is 10.5 Å². The van der Waals surface area contributed by atoms with Crippen molar-refractivity contribution in [3.05, 3.63) is 64.1 Å². The van der Waals surface area contributed by atoms with Gasteiger partial charge >= 0.3 is 6.03 Å². The molecule has 0 radical (unpaired) electrons. The van der Waals surface area contributed by atoms with Gasteiger partial charge in [0.05, 0.1) is 0 Å². The van der Waals surface area contributed by atoms with Gasteiger partial charge in [-0.25, -0.2) is 4.79 Å². The normalized spacial score (nSPS) is 21.1. The number of carbonyl (C=O) groups is 3. The molecule has 0 bridgehead atoms. The van der Waals surface area contributed by atoms with Crippen LogP contribution in [0.15, 0.2) is 53.0 Å². The highest BCUT2D eigenvalue weighted by Gasteiger charge is 2.54. The number of aryl methyl sites for hydroxylation is 1. The standard InChI is InChI=1S/C20H18BrN3O3/c21-14-7-9-15(10-8-14)22-17(25)12-24-18(26)20(23-19(24)27)11-3-5-13-4-1-2-6-16(13)20/h1-2,4,6-10H,3,5,11-12H2,(H,22,25)(H,23,27)/t20-/m1/s1. The summed E-state index contributed by atoms with van der Waals surface area (Å²) in [6.45, 7) is -0.315. The number of hydrogen-bond donors (Lipinski definition) is 2. The number of hydrogen-bond acceptors (Lipinski definition) is 3. The van der Waals surface area contributed by atoms with Crippen molar-refractivity contribution >= 4 is 39.5 Å². The fraction of sp³-hybridized carbons (Fsp3) is 0.250. The maximum atomic E-state index is 13.1. The van der Waals surface area contributed by atoms with Crippen LogP contribution in [0, 0.1) is 0 Å². The third-order valence-corrected chi connectivity index (χ3v) is 5.61. The first-order valence-electron chi connectivity index (χ1n) is 8.77. The number of anilines is 1. The molecular weight excluding hydrogens is 410 g/mol. The highest BCUT2D eigenvalue weighted by molar-refractivity contribution is 9.10. The first-order valence-corrected chi connectivity index (χ1v) is 9.57. The molecule has 4 rings (SSSR count). The molecular formula is C20H18BrN3O3. The molecule has 1 saturated heterocycles. The van der Waals surface area contributed by atoms with E-state index in [1.165, 1.54) is 0 Å². The Morgan fingerprint density at radius 2 is 1.89 bits per heavy atom. The molecule has 27 heavy (non-hydrogen) atoms. The Labute approximate surface area is 165 Å². The average molecular weight is 428 g/mol. The molecule has 7 heteroatoms. The van der Waals surface area contributed by atoms with Gasteiger partial charge in [-0.1, -0.05) is 40.2 Å². The number of benzene rings is 2. The van der Waals surface area contributed by atoms with Crippen LogP contribution in [-0.4, -0.2) is 29.3 Å². The van der Waals surface area contributed by atoms with Gasteiger partial charge in [0.15, 0.2) is 0 Å². The molecule has 2 N–H and O–H groups in total. The summed E-state index contributed by atoms with van der Waals surface area (Å²) in [5.41, 5.74) is 1.46. The summed E-state index contributed by atoms with van der Waals surface area (Å²) in [5.74, 6) is -0.771. The van der Waals surface area contributed by atoms with Gasteiger partial charge in [-0.15, -0.1) is 0 Å². The Balaban J connectivity index is 1.54. The number of nitrogens with one attached hydrogen (secondary N) is 2. The van der Waals surface area contributed by atoms with Gasteiger partial charge in [-0.2, -0.15) is 0 Å². The van der Waals surface area contributed by atoms with Crippen molar-refractivity contribution in [1.29, 1.82) is 0 Å². The monoisotopic (exact) mass is 427 g/mol. The molecule has 1 heterocycles. The molecule has 0 saturated carbocycles. The SMILES string of the molecule is O=C(CN1C(=O)N[C@@]2(CCCc3ccccc32)C1=O)Nc1ccc(Br)cc1. The summed E-state index contributed by atoms with van der Waals surface area (Å²) in [5, 5.41) is 5.57. The summed E-state index contributed by atoms with van der Waals surface area (Å²) in [4.78, 5) is 39.0. The van der Waals surface area contributed by atoms with Crippen LogP contribution < -0.4 is 10.6 Å². The van der Waals surface area contributed by atoms with Gasteiger partial charge < -0.3 is 10.6 Å². The van der Waals surface area contributed by atoms with Crippen molar-refractivity contribution in [1.82, 2.24) is 10.2 Å². The van der Waals surface area contributed by atoms with E-state index in [9.17, 15) is 14.4 Å². The van der Waals surface area contributed by atoms with E-state index in [-0.39, 0.29) is 12.5 Å². The number of fused-ring (bicyclic) bond motifs is 2. The highest BCUT2D eigenvalue weighted by Crippen LogP contribution is 2.39. The van der Waals surface area contributed by atoms with Gasteiger partial charge in [0.25, 0.3) is 5.91 Å². The quantitative estimate of drug-likeness (QED) is 0.738. The molecule has 4 amide bonds. The molecule has 1 spiro atoms. The molecule has 0 unspecified atom stereocenters. The van der Waals surface area contributed by atoms with Crippen LogP contribution >= 0.6 is 15.9 Å². The van der Waals surface area contributed by atoms with E-state index in [1.54, 1.807) is 24.3 Å². The van der Waals surface area contributed by atoms with Crippen molar-refractivity contribution in [3.63, 3.8) is 0 Å². The number of rotatable bonds is 3. The van der Waals surface area contributed by atoms with E-state index >= 15 is 0 Å². The van der Waals surface area contributed by atoms with Crippen LogP contribution in [0.5, 0.6) is 0 Å². The second-order valence-corrected chi connectivity index (χ2v) is 7.71. The minimum atomic E-state index is -1.05. The minimum absolute atomic E-state index is 0.315. The Bertz CT molecular complexity index is 928. The zero-order chi connectivity index (χ0) is 19.0. The first-order chi connectivity index (χ1) is 13.0. The minimum Gasteiger partial charge on any atom is -0.325 e. The van der Waals surface area contributed by atoms with Crippen molar-refractivity contribution in [3.8, 4) is 0 Å². The molecule has 1 aliphatic heterocycles. The van der Waals surface area contributed by atoms with Crippen molar-refractivity contribution < 1.29 is 14.4 Å². The Hall–Kier alpha value is -2.67. The maximum Gasteiger partial charge on any atom is 0.325 e. The van der Waals surface area contributed by atoms with Crippen LogP contribution in [0.25, 0.3) is 0 Å². The lowest BCUT2D eigenvalue weighted by Crippen LogP contribution is -2.47. The topological polar surface area (TPSA) is 78.5 Å². The van der Waals surface area contributed by atoms with Gasteiger partial charge in [0, 0.05) is 10.2 Å². The van der Waals surface area contributed by atoms with Gasteiger partial charge in [0.2, 0.25) is 5.91 Å². The fourth-order valence-corrected chi connectivity index (χ4v) is 4.10. The third kappa shape index (κ3) is 3.12. The van der Waals surface area contributed by atoms with E-state index in [4.69, 9.17) is 0 Å². The molecule has 2 aliphatic rings. The molecule has 1 fully saturated rings. The van der Waals surface area contributed by atoms with Gasteiger partial charge in [0.1, 0.15) is 12.1 Å². The van der Waals surface area contributed by atoms with Gasteiger partial charge in [-0.3, -0.25) is 14.5 Å². The number of urea groups is 1. The predicted octanol–water partition coefficient (Wildman–Crippen LogP) is 3.17. The van der Waals surface area contributed by atoms with Crippen LogP contribution in [0.3, 0.4) is 0 Å². The lowest BCUT2D eigenvalue weighted by atomic mass is 9.76. The van der Waals surface area contributed by atoms with Crippen LogP contribution in [0.2, 0.25) is 0 Å². The zero-order valence-corrected chi connectivity index (χ0v) is 16.1. The average Bonchev–Trinajstić information content (AvgIpc) is 2.89. The second kappa shape index (κ2) is 6.81. The molecule has 0 aromatic heterocycles. The van der Waals surface area contributed by atoms with E-state index < -0.39 is 17.5 Å². The van der Waals surface area contributed by atoms with Gasteiger partial charge in [-0.05, 0) is 54.7 Å². The highest BCUT2D eigenvalue weighted by atomic mass is 79.9. The van der Waals surface area contributed by atoms with Crippen molar-refractivity contribution in [2.75, 3.05) is 11.9 Å². The fourth-order valence-electron chi connectivity index (χ4n) is 3.83. The van der Waals surface area contributed by atoms with Crippen molar-refractivity contribution in [2.24, 2.45) is 0 Å². The first kappa shape index (κ1) is 17.7. The largest absolute Gasteiger partial charge is 0.325 e. The van der Waals surface area contributed by atoms with E-state index in [2.05, 4.69) is 26.6 Å². The number of carbonyl (C=O) groups excluding carboxylic acids is 3. The molecule has 138 valence electrons. The Kier molecular flexibility index (Phi) is 4.47. The Morgan fingerprint density at radius 1 is 1.15 bits per heavy atom. The number of amides is 4. The predicted molar refractivity (Wildman–Crippen MR) is 104 cm³/mol. The molecule has 1 atom stereocenters. The smallest absolute Gasteiger partial charge is 0.325 e. The molecule has 2 aromatic rings. The second-order valence-electron chi connectivity index (χ2n) is 6.79. The lowest BCUT2D eigenvalue weighted by Gasteiger charge is -2.33.